The zero-order chi connectivity index (χ0) is 49.5. The summed E-state index contributed by atoms with van der Waals surface area (Å²) in [5.41, 5.74) is 22.4. The van der Waals surface area contributed by atoms with Crippen LogP contribution in [0.3, 0.4) is 0 Å². The van der Waals surface area contributed by atoms with Crippen LogP contribution in [0, 0.1) is 0 Å². The Bertz CT molecular complexity index is 2940. The Morgan fingerprint density at radius 2 is 1.27 bits per heavy atom. The molecule has 6 aromatic rings. The van der Waals surface area contributed by atoms with Crippen LogP contribution in [0.25, 0.3) is 39.5 Å². The normalized spacial score (nSPS) is 15.5. The van der Waals surface area contributed by atoms with E-state index in [4.69, 9.17) is 0 Å². The molecule has 0 amide bonds. The first kappa shape index (κ1) is 50.7. The minimum Gasteiger partial charge on any atom is -0.391 e. The number of nitrogens with one attached hydrogen (secondary N) is 1. The van der Waals surface area contributed by atoms with Gasteiger partial charge in [-0.05, 0) is 153 Å². The Labute approximate surface area is 421 Å². The van der Waals surface area contributed by atoms with Crippen molar-refractivity contribution in [3.63, 3.8) is 0 Å². The summed E-state index contributed by atoms with van der Waals surface area (Å²) in [5, 5.41) is 3.29. The van der Waals surface area contributed by atoms with Crippen LogP contribution < -0.4 is 5.32 Å². The second-order valence-corrected chi connectivity index (χ2v) is 18.5. The van der Waals surface area contributed by atoms with Gasteiger partial charge in [0.1, 0.15) is 0 Å². The summed E-state index contributed by atoms with van der Waals surface area (Å²) in [6.07, 6.45) is 30.1. The molecule has 70 heavy (non-hydrogen) atoms. The van der Waals surface area contributed by atoms with Crippen molar-refractivity contribution in [1.29, 1.82) is 0 Å². The van der Waals surface area contributed by atoms with E-state index in [1.165, 1.54) is 89.1 Å². The van der Waals surface area contributed by atoms with Gasteiger partial charge in [0.05, 0.1) is 5.41 Å². The summed E-state index contributed by atoms with van der Waals surface area (Å²) >= 11 is 0. The molecule has 0 fully saturated rings. The minimum absolute atomic E-state index is 0.0589. The van der Waals surface area contributed by atoms with Crippen molar-refractivity contribution >= 4 is 28.4 Å². The van der Waals surface area contributed by atoms with Gasteiger partial charge in [-0.2, -0.15) is 0 Å². The van der Waals surface area contributed by atoms with Crippen molar-refractivity contribution < 1.29 is 0 Å². The van der Waals surface area contributed by atoms with E-state index in [1.807, 2.05) is 32.2 Å². The Morgan fingerprint density at radius 3 is 1.90 bits per heavy atom. The van der Waals surface area contributed by atoms with Gasteiger partial charge in [0.25, 0.3) is 0 Å². The fourth-order valence-corrected chi connectivity index (χ4v) is 10.5. The third-order valence-corrected chi connectivity index (χ3v) is 13.8. The summed E-state index contributed by atoms with van der Waals surface area (Å²) in [5.74, 6) is 0. The van der Waals surface area contributed by atoms with Gasteiger partial charge < -0.3 is 5.32 Å². The fourth-order valence-electron chi connectivity index (χ4n) is 10.5. The molecule has 0 radical (unpaired) electrons. The van der Waals surface area contributed by atoms with Crippen LogP contribution in [0.1, 0.15) is 137 Å². The highest BCUT2D eigenvalue weighted by atomic mass is 14.8. The van der Waals surface area contributed by atoms with Gasteiger partial charge in [0, 0.05) is 12.0 Å². The van der Waals surface area contributed by atoms with Crippen molar-refractivity contribution in [3.05, 3.63) is 280 Å². The summed E-state index contributed by atoms with van der Waals surface area (Å²) in [7, 11) is 0. The van der Waals surface area contributed by atoms with Crippen molar-refractivity contribution in [3.8, 4) is 11.1 Å². The van der Waals surface area contributed by atoms with Crippen LogP contribution in [-0.4, -0.2) is 6.54 Å². The van der Waals surface area contributed by atoms with E-state index in [0.29, 0.717) is 0 Å². The molecule has 3 aliphatic rings. The lowest BCUT2D eigenvalue weighted by atomic mass is 9.54. The highest BCUT2D eigenvalue weighted by molar-refractivity contribution is 5.93. The number of allylic oxidation sites excluding steroid dienone is 15. The number of rotatable bonds is 13. The molecule has 3 aliphatic carbocycles. The molecular weight excluding hydrogens is 843 g/mol. The van der Waals surface area contributed by atoms with E-state index in [2.05, 4.69) is 254 Å². The number of hydrogen-bond donors (Lipinski definition) is 1. The maximum Gasteiger partial charge on any atom is 0.0682 e. The zero-order valence-corrected chi connectivity index (χ0v) is 43.0. The zero-order valence-electron chi connectivity index (χ0n) is 43.0. The van der Waals surface area contributed by atoms with E-state index >= 15 is 0 Å². The quantitative estimate of drug-likeness (QED) is 0.0899. The molecule has 354 valence electrons. The van der Waals surface area contributed by atoms with E-state index in [-0.39, 0.29) is 10.8 Å². The molecule has 1 spiro atoms. The fraction of sp³-hybridized carbons (Fsp3) is 0.217. The molecule has 9 rings (SSSR count). The van der Waals surface area contributed by atoms with E-state index in [1.54, 1.807) is 5.57 Å². The van der Waals surface area contributed by atoms with Gasteiger partial charge in [-0.1, -0.05) is 248 Å². The highest BCUT2D eigenvalue weighted by Crippen LogP contribution is 2.63. The molecule has 0 saturated carbocycles. The van der Waals surface area contributed by atoms with Crippen LogP contribution in [0.15, 0.2) is 225 Å². The minimum atomic E-state index is -0.266. The molecule has 0 aromatic heterocycles. The lowest BCUT2D eigenvalue weighted by Crippen LogP contribution is -2.41. The van der Waals surface area contributed by atoms with Crippen molar-refractivity contribution in [2.45, 2.75) is 91.9 Å². The second kappa shape index (κ2) is 23.9. The standard InChI is InChI=1S/C39H34.C28H33N.C2H6/c1-5-12-26(2)27-19-21-28(22-20-27)29-23-24-31-30-13-6-7-14-32(30)39(37(31)25-29)35-17-10-8-15-33(35)38(3,4)34-16-9-11-18-36(34)39;1-4-11-25(12-5-2)28-20-17-24(18-21-28)16-19-27(15-10-23-29-22-6-3)26-13-8-7-9-14-26;1-2/h5-6,8-13,15-25H,1,7,14H2,2-4H3;4,7-21,23,29H,5-6,22H2,1-3H3;1-2H3/b26-12+;11-4-,19-16-,23-10+,25-12+,27-15+;. The van der Waals surface area contributed by atoms with Gasteiger partial charge in [-0.15, -0.1) is 0 Å². The predicted octanol–water partition coefficient (Wildman–Crippen LogP) is 18.7. The molecule has 0 atom stereocenters. The monoisotopic (exact) mass is 916 g/mol. The summed E-state index contributed by atoms with van der Waals surface area (Å²) in [6.45, 7) is 22.2. The Hall–Kier alpha value is -7.22. The van der Waals surface area contributed by atoms with Crippen molar-refractivity contribution in [2.24, 2.45) is 0 Å². The lowest BCUT2D eigenvalue weighted by Gasteiger charge is -2.47. The van der Waals surface area contributed by atoms with Crippen LogP contribution in [0.5, 0.6) is 0 Å². The van der Waals surface area contributed by atoms with Crippen molar-refractivity contribution in [1.82, 2.24) is 5.32 Å². The van der Waals surface area contributed by atoms with Crippen molar-refractivity contribution in [2.75, 3.05) is 6.54 Å². The van der Waals surface area contributed by atoms with E-state index in [9.17, 15) is 0 Å². The second-order valence-electron chi connectivity index (χ2n) is 18.5. The van der Waals surface area contributed by atoms with Gasteiger partial charge >= 0.3 is 0 Å². The first-order valence-electron chi connectivity index (χ1n) is 25.7. The average Bonchev–Trinajstić information content (AvgIpc) is 3.70. The highest BCUT2D eigenvalue weighted by Gasteiger charge is 2.54. The Morgan fingerprint density at radius 1 is 0.657 bits per heavy atom. The smallest absolute Gasteiger partial charge is 0.0682 e. The van der Waals surface area contributed by atoms with Gasteiger partial charge in [-0.3, -0.25) is 0 Å². The van der Waals surface area contributed by atoms with E-state index in [0.717, 1.165) is 32.2 Å². The third-order valence-electron chi connectivity index (χ3n) is 13.8. The molecule has 1 N–H and O–H groups in total. The number of benzene rings is 6. The SMILES string of the molecule is C/C=C\C(=C/CC)c1ccc(\C=C/C(=C\C=C\NCCC)c2ccccc2)cc1.C=C/C=C(\C)c1ccc(-c2ccc3c(c2)C2(C4=C3C=CCC4)c3ccccc3C(C)(C)c3ccccc32)cc1.CC. The van der Waals surface area contributed by atoms with Gasteiger partial charge in [0.15, 0.2) is 0 Å². The largest absolute Gasteiger partial charge is 0.391 e. The molecule has 6 aromatic carbocycles. The molecule has 0 bridgehead atoms. The summed E-state index contributed by atoms with van der Waals surface area (Å²) in [6, 6.07) is 53.9. The molecule has 0 saturated heterocycles. The van der Waals surface area contributed by atoms with Crippen LogP contribution in [0.4, 0.5) is 0 Å². The lowest BCUT2D eigenvalue weighted by molar-refractivity contribution is 0.550. The van der Waals surface area contributed by atoms with Crippen LogP contribution >= 0.6 is 0 Å². The van der Waals surface area contributed by atoms with Gasteiger partial charge in [-0.25, -0.2) is 0 Å². The molecule has 0 aliphatic heterocycles. The third kappa shape index (κ3) is 10.5. The topological polar surface area (TPSA) is 12.0 Å². The first-order valence-corrected chi connectivity index (χ1v) is 25.7. The van der Waals surface area contributed by atoms with E-state index < -0.39 is 0 Å². The molecule has 1 heteroatoms. The first-order chi connectivity index (χ1) is 34.3. The molecule has 0 unspecified atom stereocenters. The average molecular weight is 916 g/mol. The molecule has 1 nitrogen and oxygen atoms in total. The Kier molecular flexibility index (Phi) is 17.3. The molecule has 0 heterocycles. The maximum absolute atomic E-state index is 3.85. The Balaban J connectivity index is 0.000000209. The molecular formula is C69H73N. The summed E-state index contributed by atoms with van der Waals surface area (Å²) < 4.78 is 0. The summed E-state index contributed by atoms with van der Waals surface area (Å²) in [4.78, 5) is 0. The van der Waals surface area contributed by atoms with Crippen LogP contribution in [0.2, 0.25) is 0 Å². The predicted molar refractivity (Wildman–Crippen MR) is 308 cm³/mol. The van der Waals surface area contributed by atoms with Crippen LogP contribution in [-0.2, 0) is 10.8 Å². The maximum atomic E-state index is 3.85. The van der Waals surface area contributed by atoms with Gasteiger partial charge in [0.2, 0.25) is 0 Å². The number of hydrogen-bond acceptors (Lipinski definition) is 1. The number of fused-ring (bicyclic) bond motifs is 8.